The molecule has 6 rings (SSSR count). The molecule has 0 aliphatic carbocycles. The van der Waals surface area contributed by atoms with E-state index in [-0.39, 0.29) is 5.75 Å². The van der Waals surface area contributed by atoms with E-state index in [0.29, 0.717) is 16.1 Å². The van der Waals surface area contributed by atoms with E-state index < -0.39 is 9.84 Å². The molecule has 0 amide bonds. The molecule has 0 aliphatic rings. The number of hydrogen-bond donors (Lipinski definition) is 2. The predicted molar refractivity (Wildman–Crippen MR) is 144 cm³/mol. The number of aromatic nitrogens is 3. The van der Waals surface area contributed by atoms with Gasteiger partial charge in [0.2, 0.25) is 0 Å². The topological polar surface area (TPSA) is 102 Å². The van der Waals surface area contributed by atoms with Gasteiger partial charge in [-0.25, -0.2) is 13.4 Å². The Hall–Kier alpha value is -4.49. The van der Waals surface area contributed by atoms with Gasteiger partial charge in [-0.1, -0.05) is 36.4 Å². The van der Waals surface area contributed by atoms with Crippen LogP contribution in [0.25, 0.3) is 44.2 Å². The zero-order chi connectivity index (χ0) is 24.7. The zero-order valence-corrected chi connectivity index (χ0v) is 20.0. The summed E-state index contributed by atoms with van der Waals surface area (Å²) in [7, 11) is -3.48. The molecule has 0 bridgehead atoms. The van der Waals surface area contributed by atoms with Crippen LogP contribution in [0.5, 0.6) is 0 Å². The molecule has 3 N–H and O–H groups in total. The lowest BCUT2D eigenvalue weighted by Crippen LogP contribution is -2.04. The second-order valence-electron chi connectivity index (χ2n) is 8.71. The monoisotopic (exact) mass is 490 g/mol. The molecule has 0 unspecified atom stereocenters. The number of aromatic amines is 1. The fourth-order valence-electron chi connectivity index (χ4n) is 4.62. The first-order valence-corrected chi connectivity index (χ1v) is 13.1. The van der Waals surface area contributed by atoms with Crippen molar-refractivity contribution in [3.8, 4) is 22.3 Å². The summed E-state index contributed by atoms with van der Waals surface area (Å²) in [4.78, 5) is 12.6. The molecular weight excluding hydrogens is 468 g/mol. The molecule has 0 saturated heterocycles. The summed E-state index contributed by atoms with van der Waals surface area (Å²) in [5, 5.41) is 1.85. The van der Waals surface area contributed by atoms with Crippen LogP contribution in [0.2, 0.25) is 0 Å². The quantitative estimate of drug-likeness (QED) is 0.289. The minimum Gasteiger partial charge on any atom is -0.399 e. The molecule has 36 heavy (non-hydrogen) atoms. The van der Waals surface area contributed by atoms with Gasteiger partial charge in [0.15, 0.2) is 9.84 Å². The SMILES string of the molecule is Nc1ccc(-c2cnc3[nH]c4ccc(CS(=O)(=O)c5ccccc5)cc4c3c2-c2ccncc2)cc1. The molecule has 0 saturated carbocycles. The second kappa shape index (κ2) is 8.62. The van der Waals surface area contributed by atoms with Crippen molar-refractivity contribution in [2.45, 2.75) is 10.6 Å². The van der Waals surface area contributed by atoms with Gasteiger partial charge in [-0.3, -0.25) is 4.98 Å². The number of H-pyrrole nitrogens is 1. The predicted octanol–water partition coefficient (Wildman–Crippen LogP) is 6.00. The summed E-state index contributed by atoms with van der Waals surface area (Å²) in [6.07, 6.45) is 5.39. The number of sulfone groups is 1. The third kappa shape index (κ3) is 3.89. The maximum absolute atomic E-state index is 13.1. The smallest absolute Gasteiger partial charge is 0.182 e. The minimum absolute atomic E-state index is 0.0880. The highest BCUT2D eigenvalue weighted by Crippen LogP contribution is 2.40. The minimum atomic E-state index is -3.48. The number of fused-ring (bicyclic) bond motifs is 3. The Kier molecular flexibility index (Phi) is 5.27. The molecule has 0 aliphatic heterocycles. The first kappa shape index (κ1) is 22.0. The van der Waals surface area contributed by atoms with Crippen LogP contribution in [0.1, 0.15) is 5.56 Å². The standard InChI is InChI=1S/C29H22N4O2S/c30-22-9-7-20(8-10-22)25-17-32-29-28(27(25)21-12-14-31-15-13-21)24-16-19(6-11-26(24)33-29)18-36(34,35)23-4-2-1-3-5-23/h1-17H,18,30H2,(H,32,33). The highest BCUT2D eigenvalue weighted by molar-refractivity contribution is 7.90. The summed E-state index contributed by atoms with van der Waals surface area (Å²) in [6.45, 7) is 0. The van der Waals surface area contributed by atoms with Crippen LogP contribution in [0.15, 0.2) is 108 Å². The summed E-state index contributed by atoms with van der Waals surface area (Å²) in [6, 6.07) is 25.9. The molecule has 0 atom stereocenters. The van der Waals surface area contributed by atoms with Gasteiger partial charge in [0.1, 0.15) is 5.65 Å². The van der Waals surface area contributed by atoms with Gasteiger partial charge in [-0.15, -0.1) is 0 Å². The molecule has 6 aromatic rings. The van der Waals surface area contributed by atoms with Gasteiger partial charge in [-0.2, -0.15) is 0 Å². The number of nitrogen functional groups attached to an aromatic ring is 1. The number of rotatable bonds is 5. The summed E-state index contributed by atoms with van der Waals surface area (Å²) in [5.41, 5.74) is 12.9. The van der Waals surface area contributed by atoms with E-state index in [0.717, 1.165) is 44.2 Å². The third-order valence-electron chi connectivity index (χ3n) is 6.33. The van der Waals surface area contributed by atoms with E-state index in [1.54, 1.807) is 36.7 Å². The number of pyridine rings is 2. The lowest BCUT2D eigenvalue weighted by atomic mass is 9.93. The average molecular weight is 491 g/mol. The molecular formula is C29H22N4O2S. The van der Waals surface area contributed by atoms with E-state index in [4.69, 9.17) is 10.7 Å². The van der Waals surface area contributed by atoms with Gasteiger partial charge in [0.25, 0.3) is 0 Å². The van der Waals surface area contributed by atoms with E-state index in [1.807, 2.05) is 66.9 Å². The summed E-state index contributed by atoms with van der Waals surface area (Å²) < 4.78 is 26.1. The Balaban J connectivity index is 1.58. The van der Waals surface area contributed by atoms with Gasteiger partial charge < -0.3 is 10.7 Å². The van der Waals surface area contributed by atoms with Crippen LogP contribution in [0.3, 0.4) is 0 Å². The van der Waals surface area contributed by atoms with Crippen molar-refractivity contribution < 1.29 is 8.42 Å². The van der Waals surface area contributed by atoms with Crippen LogP contribution in [-0.4, -0.2) is 23.4 Å². The summed E-state index contributed by atoms with van der Waals surface area (Å²) in [5.74, 6) is -0.0880. The van der Waals surface area contributed by atoms with Crippen molar-refractivity contribution in [2.75, 3.05) is 5.73 Å². The zero-order valence-electron chi connectivity index (χ0n) is 19.2. The molecule has 3 heterocycles. The summed E-state index contributed by atoms with van der Waals surface area (Å²) >= 11 is 0. The van der Waals surface area contributed by atoms with Crippen LogP contribution in [0.4, 0.5) is 5.69 Å². The van der Waals surface area contributed by atoms with Gasteiger partial charge in [0.05, 0.1) is 10.6 Å². The highest BCUT2D eigenvalue weighted by Gasteiger charge is 2.19. The van der Waals surface area contributed by atoms with Crippen molar-refractivity contribution in [1.82, 2.24) is 15.0 Å². The van der Waals surface area contributed by atoms with E-state index in [1.165, 1.54) is 0 Å². The van der Waals surface area contributed by atoms with E-state index in [9.17, 15) is 8.42 Å². The fraction of sp³-hybridized carbons (Fsp3) is 0.0345. The van der Waals surface area contributed by atoms with Crippen LogP contribution >= 0.6 is 0 Å². The second-order valence-corrected chi connectivity index (χ2v) is 10.7. The van der Waals surface area contributed by atoms with Crippen molar-refractivity contribution in [1.29, 1.82) is 0 Å². The first-order valence-electron chi connectivity index (χ1n) is 11.5. The van der Waals surface area contributed by atoms with Gasteiger partial charge in [-0.05, 0) is 65.2 Å². The molecule has 0 radical (unpaired) electrons. The van der Waals surface area contributed by atoms with Crippen molar-refractivity contribution >= 4 is 37.5 Å². The Morgan fingerprint density at radius 1 is 0.833 bits per heavy atom. The van der Waals surface area contributed by atoms with Crippen LogP contribution < -0.4 is 5.73 Å². The lowest BCUT2D eigenvalue weighted by molar-refractivity contribution is 0.595. The maximum Gasteiger partial charge on any atom is 0.182 e. The number of nitrogens with one attached hydrogen (secondary N) is 1. The average Bonchev–Trinajstić information content (AvgIpc) is 3.27. The molecule has 6 nitrogen and oxygen atoms in total. The lowest BCUT2D eigenvalue weighted by Gasteiger charge is -2.12. The molecule has 3 aromatic heterocycles. The number of nitrogens with zero attached hydrogens (tertiary/aromatic N) is 2. The normalized spacial score (nSPS) is 11.8. The van der Waals surface area contributed by atoms with Crippen LogP contribution in [-0.2, 0) is 15.6 Å². The molecule has 0 fully saturated rings. The number of hydrogen-bond acceptors (Lipinski definition) is 5. The van der Waals surface area contributed by atoms with Crippen LogP contribution in [0, 0.1) is 0 Å². The Morgan fingerprint density at radius 2 is 1.58 bits per heavy atom. The Labute approximate surface area is 208 Å². The molecule has 176 valence electrons. The molecule has 7 heteroatoms. The number of benzene rings is 3. The van der Waals surface area contributed by atoms with Crippen molar-refractivity contribution in [3.05, 3.63) is 109 Å². The Morgan fingerprint density at radius 3 is 2.33 bits per heavy atom. The Bertz CT molecular complexity index is 1810. The van der Waals surface area contributed by atoms with E-state index >= 15 is 0 Å². The fourth-order valence-corrected chi connectivity index (χ4v) is 5.98. The third-order valence-corrected chi connectivity index (χ3v) is 8.04. The maximum atomic E-state index is 13.1. The molecule has 3 aromatic carbocycles. The van der Waals surface area contributed by atoms with E-state index in [2.05, 4.69) is 9.97 Å². The largest absolute Gasteiger partial charge is 0.399 e. The number of anilines is 1. The van der Waals surface area contributed by atoms with Crippen molar-refractivity contribution in [3.63, 3.8) is 0 Å². The number of nitrogens with two attached hydrogens (primary N) is 1. The van der Waals surface area contributed by atoms with Gasteiger partial charge in [0, 0.05) is 51.7 Å². The highest BCUT2D eigenvalue weighted by atomic mass is 32.2. The molecule has 0 spiro atoms. The first-order chi connectivity index (χ1) is 17.5. The van der Waals surface area contributed by atoms with Crippen molar-refractivity contribution in [2.24, 2.45) is 0 Å². The van der Waals surface area contributed by atoms with Gasteiger partial charge >= 0.3 is 0 Å².